The summed E-state index contributed by atoms with van der Waals surface area (Å²) in [4.78, 5) is 11.7. The molecule has 0 amide bonds. The zero-order valence-corrected chi connectivity index (χ0v) is 7.16. The second-order valence-corrected chi connectivity index (χ2v) is 2.91. The van der Waals surface area contributed by atoms with Crippen LogP contribution in [-0.4, -0.2) is 18.0 Å². The van der Waals surface area contributed by atoms with E-state index in [0.717, 1.165) is 13.0 Å². The largest absolute Gasteiger partial charge is 0.309 e. The lowest BCUT2D eigenvalue weighted by atomic mass is 10.1. The van der Waals surface area contributed by atoms with Gasteiger partial charge in [-0.15, -0.1) is 0 Å². The lowest BCUT2D eigenvalue weighted by Crippen LogP contribution is -2.11. The Morgan fingerprint density at radius 3 is 2.69 bits per heavy atom. The van der Waals surface area contributed by atoms with Crippen LogP contribution >= 0.6 is 0 Å². The Bertz CT molecular complexity index is 343. The molecule has 1 aliphatic heterocycles. The van der Waals surface area contributed by atoms with E-state index in [1.165, 1.54) is 0 Å². The van der Waals surface area contributed by atoms with E-state index in [9.17, 15) is 4.79 Å². The maximum atomic E-state index is 11.7. The molecule has 0 spiro atoms. The SMILES string of the molecule is O=C(C1=NNCC1)c1ccccc1. The van der Waals surface area contributed by atoms with Crippen LogP contribution in [0.2, 0.25) is 0 Å². The smallest absolute Gasteiger partial charge is 0.209 e. The molecule has 66 valence electrons. The van der Waals surface area contributed by atoms with Crippen LogP contribution in [0.25, 0.3) is 0 Å². The average molecular weight is 174 g/mol. The van der Waals surface area contributed by atoms with E-state index in [4.69, 9.17) is 0 Å². The molecule has 1 N–H and O–H groups in total. The quantitative estimate of drug-likeness (QED) is 0.685. The van der Waals surface area contributed by atoms with Crippen molar-refractivity contribution in [1.82, 2.24) is 5.43 Å². The van der Waals surface area contributed by atoms with Gasteiger partial charge >= 0.3 is 0 Å². The van der Waals surface area contributed by atoms with Crippen molar-refractivity contribution in [2.45, 2.75) is 6.42 Å². The van der Waals surface area contributed by atoms with Gasteiger partial charge in [0.1, 0.15) is 5.71 Å². The zero-order valence-electron chi connectivity index (χ0n) is 7.16. The highest BCUT2D eigenvalue weighted by Crippen LogP contribution is 2.05. The molecule has 2 rings (SSSR count). The summed E-state index contributed by atoms with van der Waals surface area (Å²) < 4.78 is 0. The molecule has 0 aromatic heterocycles. The minimum atomic E-state index is 0.0330. The minimum Gasteiger partial charge on any atom is -0.309 e. The van der Waals surface area contributed by atoms with Crippen LogP contribution in [0, 0.1) is 0 Å². The Labute approximate surface area is 76.5 Å². The molecule has 1 aromatic rings. The van der Waals surface area contributed by atoms with E-state index in [0.29, 0.717) is 11.3 Å². The van der Waals surface area contributed by atoms with Gasteiger partial charge in [0.2, 0.25) is 5.78 Å². The zero-order chi connectivity index (χ0) is 9.10. The van der Waals surface area contributed by atoms with Gasteiger partial charge in [0.15, 0.2) is 0 Å². The third-order valence-corrected chi connectivity index (χ3v) is 1.99. The summed E-state index contributed by atoms with van der Waals surface area (Å²) in [5, 5.41) is 3.93. The molecule has 0 bridgehead atoms. The molecule has 0 radical (unpaired) electrons. The number of rotatable bonds is 2. The van der Waals surface area contributed by atoms with E-state index >= 15 is 0 Å². The summed E-state index contributed by atoms with van der Waals surface area (Å²) >= 11 is 0. The maximum Gasteiger partial charge on any atom is 0.209 e. The Hall–Kier alpha value is -1.64. The lowest BCUT2D eigenvalue weighted by Gasteiger charge is -1.97. The van der Waals surface area contributed by atoms with Crippen LogP contribution in [0.1, 0.15) is 16.8 Å². The van der Waals surface area contributed by atoms with Crippen molar-refractivity contribution in [2.24, 2.45) is 5.10 Å². The van der Waals surface area contributed by atoms with Crippen molar-refractivity contribution in [1.29, 1.82) is 0 Å². The first-order valence-electron chi connectivity index (χ1n) is 4.27. The molecule has 1 heterocycles. The highest BCUT2D eigenvalue weighted by molar-refractivity contribution is 6.46. The summed E-state index contributed by atoms with van der Waals surface area (Å²) in [6.45, 7) is 0.772. The highest BCUT2D eigenvalue weighted by atomic mass is 16.1. The molecule has 13 heavy (non-hydrogen) atoms. The van der Waals surface area contributed by atoms with Crippen molar-refractivity contribution in [2.75, 3.05) is 6.54 Å². The predicted octanol–water partition coefficient (Wildman–Crippen LogP) is 1.22. The van der Waals surface area contributed by atoms with Crippen molar-refractivity contribution < 1.29 is 4.79 Å². The van der Waals surface area contributed by atoms with Gasteiger partial charge in [-0.3, -0.25) is 4.79 Å². The van der Waals surface area contributed by atoms with E-state index in [1.54, 1.807) is 0 Å². The van der Waals surface area contributed by atoms with Gasteiger partial charge < -0.3 is 5.43 Å². The fourth-order valence-electron chi connectivity index (χ4n) is 1.30. The molecule has 0 fully saturated rings. The van der Waals surface area contributed by atoms with E-state index in [2.05, 4.69) is 10.5 Å². The van der Waals surface area contributed by atoms with E-state index in [-0.39, 0.29) is 5.78 Å². The second kappa shape index (κ2) is 3.39. The second-order valence-electron chi connectivity index (χ2n) is 2.91. The third-order valence-electron chi connectivity index (χ3n) is 1.99. The van der Waals surface area contributed by atoms with Crippen LogP contribution < -0.4 is 5.43 Å². The summed E-state index contributed by atoms with van der Waals surface area (Å²) in [7, 11) is 0. The molecule has 3 nitrogen and oxygen atoms in total. The third kappa shape index (κ3) is 1.59. The maximum absolute atomic E-state index is 11.7. The number of nitrogens with one attached hydrogen (secondary N) is 1. The van der Waals surface area contributed by atoms with Crippen LogP contribution in [0.5, 0.6) is 0 Å². The Kier molecular flexibility index (Phi) is 2.08. The van der Waals surface area contributed by atoms with Crippen molar-refractivity contribution >= 4 is 11.5 Å². The lowest BCUT2D eigenvalue weighted by molar-refractivity contribution is 0.106. The number of hydrogen-bond acceptors (Lipinski definition) is 3. The molecule has 0 saturated heterocycles. The molecule has 0 saturated carbocycles. The first-order chi connectivity index (χ1) is 6.38. The molecule has 1 aromatic carbocycles. The van der Waals surface area contributed by atoms with Gasteiger partial charge in [-0.2, -0.15) is 5.10 Å². The Morgan fingerprint density at radius 2 is 2.08 bits per heavy atom. The average Bonchev–Trinajstić information content (AvgIpc) is 2.71. The number of carbonyl (C=O) groups excluding carboxylic acids is 1. The number of benzene rings is 1. The van der Waals surface area contributed by atoms with Crippen molar-refractivity contribution in [3.8, 4) is 0 Å². The van der Waals surface area contributed by atoms with Gasteiger partial charge in [-0.1, -0.05) is 30.3 Å². The predicted molar refractivity (Wildman–Crippen MR) is 50.8 cm³/mol. The van der Waals surface area contributed by atoms with Gasteiger partial charge in [0.25, 0.3) is 0 Å². The molecule has 0 atom stereocenters. The van der Waals surface area contributed by atoms with Crippen molar-refractivity contribution in [3.05, 3.63) is 35.9 Å². The van der Waals surface area contributed by atoms with Crippen LogP contribution in [-0.2, 0) is 0 Å². The van der Waals surface area contributed by atoms with Gasteiger partial charge in [0.05, 0.1) is 0 Å². The summed E-state index contributed by atoms with van der Waals surface area (Å²) in [6, 6.07) is 9.23. The number of carbonyl (C=O) groups is 1. The molecular formula is C10H10N2O. The monoisotopic (exact) mass is 174 g/mol. The topological polar surface area (TPSA) is 41.5 Å². The normalized spacial score (nSPS) is 14.9. The summed E-state index contributed by atoms with van der Waals surface area (Å²) in [5.41, 5.74) is 4.13. The first-order valence-corrected chi connectivity index (χ1v) is 4.27. The number of ketones is 1. The van der Waals surface area contributed by atoms with Gasteiger partial charge in [0, 0.05) is 18.5 Å². The number of hydrogen-bond donors (Lipinski definition) is 1. The number of nitrogens with zero attached hydrogens (tertiary/aromatic N) is 1. The fourth-order valence-corrected chi connectivity index (χ4v) is 1.30. The number of hydrazone groups is 1. The molecular weight excluding hydrogens is 164 g/mol. The summed E-state index contributed by atoms with van der Waals surface area (Å²) in [5.74, 6) is 0.0330. The van der Waals surface area contributed by atoms with Crippen LogP contribution in [0.4, 0.5) is 0 Å². The van der Waals surface area contributed by atoms with Crippen molar-refractivity contribution in [3.63, 3.8) is 0 Å². The Balaban J connectivity index is 2.23. The van der Waals surface area contributed by atoms with E-state index < -0.39 is 0 Å². The minimum absolute atomic E-state index is 0.0330. The fraction of sp³-hybridized carbons (Fsp3) is 0.200. The summed E-state index contributed by atoms with van der Waals surface area (Å²) in [6.07, 6.45) is 0.730. The molecule has 0 unspecified atom stereocenters. The molecule has 1 aliphatic rings. The number of Topliss-reactive ketones (excluding diaryl/α,β-unsaturated/α-hetero) is 1. The Morgan fingerprint density at radius 1 is 1.31 bits per heavy atom. The van der Waals surface area contributed by atoms with E-state index in [1.807, 2.05) is 30.3 Å². The van der Waals surface area contributed by atoms with Crippen LogP contribution in [0.15, 0.2) is 35.4 Å². The molecule has 3 heteroatoms. The first kappa shape index (κ1) is 7.98. The van der Waals surface area contributed by atoms with Crippen LogP contribution in [0.3, 0.4) is 0 Å². The standard InChI is InChI=1S/C10H10N2O/c13-10(9-6-7-11-12-9)8-4-2-1-3-5-8/h1-5,11H,6-7H2. The van der Waals surface area contributed by atoms with Gasteiger partial charge in [-0.25, -0.2) is 0 Å². The van der Waals surface area contributed by atoms with Gasteiger partial charge in [-0.05, 0) is 0 Å². The molecule has 0 aliphatic carbocycles. The highest BCUT2D eigenvalue weighted by Gasteiger charge is 2.16.